The molecular weight excluding hydrogens is 514 g/mol. The van der Waals surface area contributed by atoms with E-state index in [4.69, 9.17) is 4.74 Å². The summed E-state index contributed by atoms with van der Waals surface area (Å²) in [4.78, 5) is 33.4. The highest BCUT2D eigenvalue weighted by Gasteiger charge is 2.33. The van der Waals surface area contributed by atoms with Crippen LogP contribution in [-0.2, 0) is 9.53 Å². The number of thioether (sulfide) groups is 1. The van der Waals surface area contributed by atoms with Gasteiger partial charge in [-0.05, 0) is 81.5 Å². The van der Waals surface area contributed by atoms with Crippen molar-refractivity contribution < 1.29 is 9.53 Å². The minimum Gasteiger partial charge on any atom is -0.463 e. The Balaban J connectivity index is 1.69. The number of hydrogen-bond donors (Lipinski definition) is 0. The number of aryl methyl sites for hydroxylation is 1. The van der Waals surface area contributed by atoms with Crippen LogP contribution in [0.2, 0.25) is 0 Å². The Morgan fingerprint density at radius 2 is 1.82 bits per heavy atom. The van der Waals surface area contributed by atoms with Gasteiger partial charge in [-0.1, -0.05) is 41.7 Å². The quantitative estimate of drug-likeness (QED) is 0.256. The highest BCUT2D eigenvalue weighted by atomic mass is 32.2. The maximum absolute atomic E-state index is 13.9. The van der Waals surface area contributed by atoms with E-state index in [1.807, 2.05) is 54.8 Å². The Labute approximate surface area is 229 Å². The number of para-hydroxylation sites is 1. The van der Waals surface area contributed by atoms with E-state index in [-0.39, 0.29) is 12.2 Å². The van der Waals surface area contributed by atoms with Gasteiger partial charge in [0.15, 0.2) is 4.80 Å². The summed E-state index contributed by atoms with van der Waals surface area (Å²) in [6.07, 6.45) is 3.95. The number of thiazole rings is 1. The van der Waals surface area contributed by atoms with Crippen molar-refractivity contribution in [1.82, 2.24) is 9.13 Å². The molecule has 0 unspecified atom stereocenters. The third kappa shape index (κ3) is 4.59. The summed E-state index contributed by atoms with van der Waals surface area (Å²) in [5.74, 6) is -0.451. The molecule has 0 spiro atoms. The molecular formula is C30H29N3O3S2. The minimum absolute atomic E-state index is 0.175. The van der Waals surface area contributed by atoms with Crippen molar-refractivity contribution in [2.45, 2.75) is 38.6 Å². The molecule has 4 aromatic rings. The average Bonchev–Trinajstić information content (AvgIpc) is 3.37. The smallest absolute Gasteiger partial charge is 0.338 e. The highest BCUT2D eigenvalue weighted by Crippen LogP contribution is 2.31. The molecule has 8 heteroatoms. The molecule has 0 aliphatic carbocycles. The Morgan fingerprint density at radius 1 is 1.11 bits per heavy atom. The summed E-state index contributed by atoms with van der Waals surface area (Å²) in [5, 5.41) is 0. The number of carbonyl (C=O) groups excluding carboxylic acids is 1. The van der Waals surface area contributed by atoms with Gasteiger partial charge in [0.25, 0.3) is 5.56 Å². The second-order valence-electron chi connectivity index (χ2n) is 9.07. The molecule has 1 aliphatic heterocycles. The van der Waals surface area contributed by atoms with Crippen molar-refractivity contribution >= 4 is 35.1 Å². The number of nitrogens with zero attached hydrogens (tertiary/aromatic N) is 3. The minimum atomic E-state index is -0.611. The first-order chi connectivity index (χ1) is 18.3. The molecule has 0 bridgehead atoms. The fraction of sp³-hybridized carbons (Fsp3) is 0.233. The van der Waals surface area contributed by atoms with Crippen LogP contribution in [0.1, 0.15) is 42.4 Å². The first kappa shape index (κ1) is 26.0. The molecule has 0 saturated carbocycles. The monoisotopic (exact) mass is 543 g/mol. The van der Waals surface area contributed by atoms with Gasteiger partial charge >= 0.3 is 5.97 Å². The second kappa shape index (κ2) is 10.6. The molecule has 1 atom stereocenters. The Bertz CT molecular complexity index is 1730. The molecule has 0 N–H and O–H groups in total. The van der Waals surface area contributed by atoms with E-state index in [9.17, 15) is 9.59 Å². The molecule has 0 amide bonds. The van der Waals surface area contributed by atoms with Gasteiger partial charge in [-0.15, -0.1) is 11.8 Å². The lowest BCUT2D eigenvalue weighted by molar-refractivity contribution is -0.139. The van der Waals surface area contributed by atoms with Crippen molar-refractivity contribution in [1.29, 1.82) is 0 Å². The van der Waals surface area contributed by atoms with Gasteiger partial charge in [-0.2, -0.15) is 0 Å². The Kier molecular flexibility index (Phi) is 7.27. The van der Waals surface area contributed by atoms with Crippen LogP contribution in [0.25, 0.3) is 11.8 Å². The van der Waals surface area contributed by atoms with Crippen molar-refractivity contribution in [2.75, 3.05) is 12.9 Å². The second-order valence-corrected chi connectivity index (χ2v) is 11.0. The number of benzene rings is 2. The fourth-order valence-electron chi connectivity index (χ4n) is 4.94. The number of carbonyl (C=O) groups is 1. The standard InChI is InChI=1S/C30H29N3O3S2/c1-6-36-29(35)26-19(3)31-30-33(27(26)21-12-14-24(37-5)15-13-21)28(34)25(38-30)17-22-16-18(2)32(20(22)4)23-10-8-7-9-11-23/h7-17,27H,6H2,1-5H3/b25-17-/t27-/m1/s1. The van der Waals surface area contributed by atoms with Gasteiger partial charge in [0.1, 0.15) is 0 Å². The summed E-state index contributed by atoms with van der Waals surface area (Å²) >= 11 is 2.98. The number of hydrogen-bond acceptors (Lipinski definition) is 6. The van der Waals surface area contributed by atoms with Gasteiger partial charge in [-0.3, -0.25) is 9.36 Å². The molecule has 6 nitrogen and oxygen atoms in total. The van der Waals surface area contributed by atoms with Crippen LogP contribution in [0.5, 0.6) is 0 Å². The van der Waals surface area contributed by atoms with E-state index in [2.05, 4.69) is 41.6 Å². The van der Waals surface area contributed by atoms with Crippen LogP contribution in [0, 0.1) is 13.8 Å². The number of allylic oxidation sites excluding steroid dienone is 1. The van der Waals surface area contributed by atoms with Crippen LogP contribution >= 0.6 is 23.1 Å². The summed E-state index contributed by atoms with van der Waals surface area (Å²) in [6, 6.07) is 19.6. The van der Waals surface area contributed by atoms with Crippen LogP contribution in [0.15, 0.2) is 86.6 Å². The molecule has 5 rings (SSSR count). The third-order valence-corrected chi connectivity index (χ3v) is 8.45. The molecule has 0 radical (unpaired) electrons. The average molecular weight is 544 g/mol. The number of fused-ring (bicyclic) bond motifs is 1. The Morgan fingerprint density at radius 3 is 2.47 bits per heavy atom. The zero-order chi connectivity index (χ0) is 27.0. The van der Waals surface area contributed by atoms with Crippen molar-refractivity contribution in [3.05, 3.63) is 114 Å². The van der Waals surface area contributed by atoms with E-state index in [1.54, 1.807) is 30.2 Å². The van der Waals surface area contributed by atoms with Crippen molar-refractivity contribution in [3.63, 3.8) is 0 Å². The number of rotatable bonds is 6. The lowest BCUT2D eigenvalue weighted by atomic mass is 9.96. The molecule has 2 aromatic heterocycles. The molecule has 0 fully saturated rings. The zero-order valence-electron chi connectivity index (χ0n) is 22.0. The van der Waals surface area contributed by atoms with E-state index < -0.39 is 12.0 Å². The Hall–Kier alpha value is -3.62. The zero-order valence-corrected chi connectivity index (χ0v) is 23.7. The largest absolute Gasteiger partial charge is 0.463 e. The topological polar surface area (TPSA) is 65.6 Å². The van der Waals surface area contributed by atoms with Crippen molar-refractivity contribution in [3.8, 4) is 5.69 Å². The normalized spacial score (nSPS) is 15.4. The van der Waals surface area contributed by atoms with E-state index >= 15 is 0 Å². The number of ether oxygens (including phenoxy) is 1. The summed E-state index contributed by atoms with van der Waals surface area (Å²) < 4.78 is 9.79. The molecule has 194 valence electrons. The predicted octanol–water partition coefficient (Wildman–Crippen LogP) is 4.93. The molecule has 38 heavy (non-hydrogen) atoms. The van der Waals surface area contributed by atoms with E-state index in [1.165, 1.54) is 11.3 Å². The van der Waals surface area contributed by atoms with Gasteiger partial charge < -0.3 is 9.30 Å². The van der Waals surface area contributed by atoms with Gasteiger partial charge in [0.2, 0.25) is 0 Å². The van der Waals surface area contributed by atoms with Crippen molar-refractivity contribution in [2.24, 2.45) is 4.99 Å². The maximum Gasteiger partial charge on any atom is 0.338 e. The van der Waals surface area contributed by atoms with Crippen LogP contribution < -0.4 is 14.9 Å². The van der Waals surface area contributed by atoms with Crippen LogP contribution in [0.4, 0.5) is 0 Å². The molecule has 0 saturated heterocycles. The first-order valence-electron chi connectivity index (χ1n) is 12.4. The van der Waals surface area contributed by atoms with Gasteiger partial charge in [0, 0.05) is 22.0 Å². The summed E-state index contributed by atoms with van der Waals surface area (Å²) in [7, 11) is 0. The van der Waals surface area contributed by atoms with E-state index in [0.29, 0.717) is 20.6 Å². The number of aromatic nitrogens is 2. The van der Waals surface area contributed by atoms with E-state index in [0.717, 1.165) is 33.1 Å². The van der Waals surface area contributed by atoms with Crippen LogP contribution in [-0.4, -0.2) is 28.0 Å². The summed E-state index contributed by atoms with van der Waals surface area (Å²) in [5.41, 5.74) is 5.81. The van der Waals surface area contributed by atoms with Crippen LogP contribution in [0.3, 0.4) is 0 Å². The number of esters is 1. The lowest BCUT2D eigenvalue weighted by Crippen LogP contribution is -2.39. The SMILES string of the molecule is CCOC(=O)C1=C(C)N=c2s/c(=C\c3cc(C)n(-c4ccccc4)c3C)c(=O)n2[C@@H]1c1ccc(SC)cc1. The summed E-state index contributed by atoms with van der Waals surface area (Å²) in [6.45, 7) is 7.95. The molecule has 2 aromatic carbocycles. The fourth-order valence-corrected chi connectivity index (χ4v) is 6.39. The van der Waals surface area contributed by atoms with Gasteiger partial charge in [-0.25, -0.2) is 9.79 Å². The first-order valence-corrected chi connectivity index (χ1v) is 14.5. The maximum atomic E-state index is 13.9. The predicted molar refractivity (Wildman–Crippen MR) is 154 cm³/mol. The molecule has 3 heterocycles. The molecule has 1 aliphatic rings. The van der Waals surface area contributed by atoms with Gasteiger partial charge in [0.05, 0.1) is 28.5 Å². The lowest BCUT2D eigenvalue weighted by Gasteiger charge is -2.24. The third-order valence-electron chi connectivity index (χ3n) is 6.72. The highest BCUT2D eigenvalue weighted by molar-refractivity contribution is 7.98.